The van der Waals surface area contributed by atoms with Gasteiger partial charge in [-0.25, -0.2) is 8.42 Å². The molecule has 3 aromatic rings. The van der Waals surface area contributed by atoms with E-state index in [9.17, 15) is 23.4 Å². The molecule has 0 heterocycles. The molecule has 1 atom stereocenters. The quantitative estimate of drug-likeness (QED) is 0.441. The maximum Gasteiger partial charge on any atom is 0.310 e. The van der Waals surface area contributed by atoms with Gasteiger partial charge in [-0.2, -0.15) is 4.31 Å². The van der Waals surface area contributed by atoms with E-state index < -0.39 is 21.9 Å². The van der Waals surface area contributed by atoms with Crippen LogP contribution in [0.15, 0.2) is 65.6 Å². The second-order valence-corrected chi connectivity index (χ2v) is 9.88. The lowest BCUT2D eigenvalue weighted by Gasteiger charge is -2.22. The number of carboxylic acid groups (broad SMARTS) is 1. The minimum absolute atomic E-state index is 0.0498. The third-order valence-electron chi connectivity index (χ3n) is 5.68. The van der Waals surface area contributed by atoms with E-state index in [0.29, 0.717) is 12.0 Å². The van der Waals surface area contributed by atoms with Gasteiger partial charge >= 0.3 is 5.97 Å². The Kier molecular flexibility index (Phi) is 8.07. The van der Waals surface area contributed by atoms with Crippen molar-refractivity contribution in [2.75, 3.05) is 26.8 Å². The Morgan fingerprint density at radius 2 is 1.67 bits per heavy atom. The zero-order valence-corrected chi connectivity index (χ0v) is 19.6. The van der Waals surface area contributed by atoms with Crippen molar-refractivity contribution in [3.05, 3.63) is 71.8 Å². The Morgan fingerprint density at radius 3 is 2.30 bits per heavy atom. The molecule has 0 unspecified atom stereocenters. The van der Waals surface area contributed by atoms with E-state index >= 15 is 0 Å². The first-order valence-electron chi connectivity index (χ1n) is 10.7. The van der Waals surface area contributed by atoms with Crippen LogP contribution in [0.2, 0.25) is 0 Å². The number of rotatable bonds is 11. The van der Waals surface area contributed by atoms with E-state index in [1.807, 2.05) is 37.3 Å². The summed E-state index contributed by atoms with van der Waals surface area (Å²) in [6.45, 7) is 1.62. The molecule has 0 aliphatic rings. The van der Waals surface area contributed by atoms with Crippen LogP contribution in [0.4, 0.5) is 0 Å². The summed E-state index contributed by atoms with van der Waals surface area (Å²) >= 11 is 0. The first-order valence-corrected chi connectivity index (χ1v) is 12.2. The number of aliphatic carboxylic acids is 1. The summed E-state index contributed by atoms with van der Waals surface area (Å²) in [6.07, 6.45) is 0.602. The maximum absolute atomic E-state index is 13.0. The molecule has 0 amide bonds. The number of fused-ring (bicyclic) bond motifs is 1. The molecule has 33 heavy (non-hydrogen) atoms. The molecule has 3 rings (SSSR count). The normalized spacial score (nSPS) is 12.7. The van der Waals surface area contributed by atoms with E-state index in [2.05, 4.69) is 0 Å². The summed E-state index contributed by atoms with van der Waals surface area (Å²) in [5.74, 6) is -1.00. The zero-order chi connectivity index (χ0) is 24.0. The lowest BCUT2D eigenvalue weighted by Crippen LogP contribution is -2.34. The van der Waals surface area contributed by atoms with Gasteiger partial charge in [0.1, 0.15) is 5.75 Å². The van der Waals surface area contributed by atoms with E-state index in [1.165, 1.54) is 4.31 Å². The van der Waals surface area contributed by atoms with Crippen LogP contribution in [0.25, 0.3) is 10.8 Å². The minimum atomic E-state index is -3.78. The Balaban J connectivity index is 1.75. The van der Waals surface area contributed by atoms with Crippen molar-refractivity contribution >= 4 is 26.8 Å². The topological polar surface area (TPSA) is 104 Å². The highest BCUT2D eigenvalue weighted by Crippen LogP contribution is 2.28. The Morgan fingerprint density at radius 1 is 1.00 bits per heavy atom. The number of ether oxygens (including phenoxy) is 1. The molecule has 0 saturated carbocycles. The Labute approximate surface area is 194 Å². The third-order valence-corrected chi connectivity index (χ3v) is 7.59. The van der Waals surface area contributed by atoms with Crippen LogP contribution in [-0.4, -0.2) is 55.7 Å². The van der Waals surface area contributed by atoms with Gasteiger partial charge in [0.05, 0.1) is 24.5 Å². The molecule has 0 bridgehead atoms. The molecule has 2 N–H and O–H groups in total. The van der Waals surface area contributed by atoms with Crippen LogP contribution in [0, 0.1) is 6.92 Å². The van der Waals surface area contributed by atoms with Crippen molar-refractivity contribution in [1.29, 1.82) is 0 Å². The molecular weight excluding hydrogens is 442 g/mol. The summed E-state index contributed by atoms with van der Waals surface area (Å²) < 4.78 is 32.4. The highest BCUT2D eigenvalue weighted by molar-refractivity contribution is 7.89. The van der Waals surface area contributed by atoms with Crippen LogP contribution in [-0.2, 0) is 14.8 Å². The summed E-state index contributed by atoms with van der Waals surface area (Å²) in [5.41, 5.74) is 1.61. The van der Waals surface area contributed by atoms with E-state index in [-0.39, 0.29) is 31.0 Å². The maximum atomic E-state index is 13.0. The van der Waals surface area contributed by atoms with Crippen LogP contribution in [0.1, 0.15) is 29.9 Å². The summed E-state index contributed by atoms with van der Waals surface area (Å²) in [4.78, 5) is 12.2. The number of benzene rings is 3. The van der Waals surface area contributed by atoms with Crippen LogP contribution in [0.5, 0.6) is 5.75 Å². The molecule has 0 aliphatic carbocycles. The predicted octanol–water partition coefficient (Wildman–Crippen LogP) is 3.79. The number of sulfonamides is 1. The average Bonchev–Trinajstić information content (AvgIpc) is 2.80. The first kappa shape index (κ1) is 24.7. The second kappa shape index (κ2) is 10.8. The lowest BCUT2D eigenvalue weighted by atomic mass is 9.92. The number of aliphatic hydroxyl groups is 1. The number of carboxylic acids is 1. The molecule has 176 valence electrons. The van der Waals surface area contributed by atoms with E-state index in [4.69, 9.17) is 4.74 Å². The second-order valence-electron chi connectivity index (χ2n) is 7.95. The molecule has 0 radical (unpaired) electrons. The molecule has 0 fully saturated rings. The fourth-order valence-corrected chi connectivity index (χ4v) is 5.28. The van der Waals surface area contributed by atoms with Gasteiger partial charge < -0.3 is 14.9 Å². The van der Waals surface area contributed by atoms with Gasteiger partial charge in [-0.3, -0.25) is 4.79 Å². The largest absolute Gasteiger partial charge is 0.497 e. The molecule has 8 heteroatoms. The fourth-order valence-electron chi connectivity index (χ4n) is 3.81. The van der Waals surface area contributed by atoms with Crippen molar-refractivity contribution < 1.29 is 28.2 Å². The zero-order valence-electron chi connectivity index (χ0n) is 18.8. The third kappa shape index (κ3) is 5.90. The van der Waals surface area contributed by atoms with Gasteiger partial charge in [-0.05, 0) is 60.4 Å². The standard InChI is InChI=1S/C25H29NO6S/c1-18-5-11-23(12-6-18)33(30,31)26(14-15-27)13-3-4-24(25(28)29)21-8-7-20-17-22(32-2)10-9-19(20)16-21/h5-12,16-17,24,27H,3-4,13-15H2,1-2H3,(H,28,29)/t24-/m0/s1. The summed E-state index contributed by atoms with van der Waals surface area (Å²) in [5, 5.41) is 21.1. The van der Waals surface area contributed by atoms with Gasteiger partial charge in [0.2, 0.25) is 10.0 Å². The first-order chi connectivity index (χ1) is 15.8. The van der Waals surface area contributed by atoms with Crippen molar-refractivity contribution in [2.45, 2.75) is 30.6 Å². The molecule has 3 aromatic carbocycles. The lowest BCUT2D eigenvalue weighted by molar-refractivity contribution is -0.139. The number of aliphatic hydroxyl groups excluding tert-OH is 1. The summed E-state index contributed by atoms with van der Waals surface area (Å²) in [7, 11) is -2.19. The van der Waals surface area contributed by atoms with Crippen LogP contribution in [0.3, 0.4) is 0 Å². The number of hydrogen-bond acceptors (Lipinski definition) is 5. The van der Waals surface area contributed by atoms with Gasteiger partial charge in [0.15, 0.2) is 0 Å². The number of nitrogens with zero attached hydrogens (tertiary/aromatic N) is 1. The van der Waals surface area contributed by atoms with Crippen LogP contribution >= 0.6 is 0 Å². The Hall–Kier alpha value is -2.94. The smallest absolute Gasteiger partial charge is 0.310 e. The van der Waals surface area contributed by atoms with Crippen molar-refractivity contribution in [2.24, 2.45) is 0 Å². The SMILES string of the molecule is COc1ccc2cc([C@H](CCCN(CCO)S(=O)(=O)c3ccc(C)cc3)C(=O)O)ccc2c1. The van der Waals surface area contributed by atoms with Crippen molar-refractivity contribution in [3.63, 3.8) is 0 Å². The molecule has 0 aromatic heterocycles. The minimum Gasteiger partial charge on any atom is -0.497 e. The van der Waals surface area contributed by atoms with Crippen molar-refractivity contribution in [3.8, 4) is 5.75 Å². The summed E-state index contributed by atoms with van der Waals surface area (Å²) in [6, 6.07) is 17.6. The number of carbonyl (C=O) groups is 1. The van der Waals surface area contributed by atoms with E-state index in [1.54, 1.807) is 37.4 Å². The fraction of sp³-hybridized carbons (Fsp3) is 0.320. The van der Waals surface area contributed by atoms with E-state index in [0.717, 1.165) is 22.1 Å². The van der Waals surface area contributed by atoms with Crippen molar-refractivity contribution in [1.82, 2.24) is 4.31 Å². The number of aryl methyl sites for hydroxylation is 1. The van der Waals surface area contributed by atoms with Crippen LogP contribution < -0.4 is 4.74 Å². The van der Waals surface area contributed by atoms with Gasteiger partial charge in [-0.1, -0.05) is 42.0 Å². The molecule has 7 nitrogen and oxygen atoms in total. The van der Waals surface area contributed by atoms with Gasteiger partial charge in [0, 0.05) is 13.1 Å². The van der Waals surface area contributed by atoms with Gasteiger partial charge in [-0.15, -0.1) is 0 Å². The number of hydrogen-bond donors (Lipinski definition) is 2. The highest BCUT2D eigenvalue weighted by Gasteiger charge is 2.25. The molecular formula is C25H29NO6S. The molecule has 0 spiro atoms. The monoisotopic (exact) mass is 471 g/mol. The molecule has 0 aliphatic heterocycles. The Bertz CT molecular complexity index is 1210. The number of methoxy groups -OCH3 is 1. The predicted molar refractivity (Wildman–Crippen MR) is 127 cm³/mol. The van der Waals surface area contributed by atoms with Gasteiger partial charge in [0.25, 0.3) is 0 Å². The average molecular weight is 472 g/mol. The molecule has 0 saturated heterocycles. The highest BCUT2D eigenvalue weighted by atomic mass is 32.2.